The molecule has 2 unspecified atom stereocenters. The van der Waals surface area contributed by atoms with Crippen molar-refractivity contribution >= 4 is 23.7 Å². The molecular formula is C7H10O4S. The van der Waals surface area contributed by atoms with Crippen molar-refractivity contribution in [3.63, 3.8) is 0 Å². The van der Waals surface area contributed by atoms with Gasteiger partial charge in [0, 0.05) is 19.6 Å². The SMILES string of the molecule is CC(=O)OC1CSC1OC(C)=O. The second-order valence-corrected chi connectivity index (χ2v) is 3.59. The van der Waals surface area contributed by atoms with Gasteiger partial charge in [-0.25, -0.2) is 0 Å². The Morgan fingerprint density at radius 1 is 1.25 bits per heavy atom. The molecule has 1 aliphatic heterocycles. The van der Waals surface area contributed by atoms with E-state index in [2.05, 4.69) is 0 Å². The van der Waals surface area contributed by atoms with E-state index < -0.39 is 0 Å². The van der Waals surface area contributed by atoms with Crippen LogP contribution >= 0.6 is 11.8 Å². The van der Waals surface area contributed by atoms with Crippen molar-refractivity contribution in [2.45, 2.75) is 25.4 Å². The van der Waals surface area contributed by atoms with Crippen molar-refractivity contribution in [3.05, 3.63) is 0 Å². The van der Waals surface area contributed by atoms with Crippen LogP contribution < -0.4 is 0 Å². The lowest BCUT2D eigenvalue weighted by Crippen LogP contribution is -2.42. The van der Waals surface area contributed by atoms with Crippen molar-refractivity contribution < 1.29 is 19.1 Å². The van der Waals surface area contributed by atoms with Gasteiger partial charge in [-0.15, -0.1) is 11.8 Å². The number of rotatable bonds is 2. The van der Waals surface area contributed by atoms with Crippen molar-refractivity contribution in [3.8, 4) is 0 Å². The Bertz CT molecular complexity index is 182. The Labute approximate surface area is 74.6 Å². The maximum absolute atomic E-state index is 10.5. The number of ether oxygens (including phenoxy) is 2. The molecule has 0 aliphatic carbocycles. The molecule has 0 radical (unpaired) electrons. The topological polar surface area (TPSA) is 52.6 Å². The highest BCUT2D eigenvalue weighted by Gasteiger charge is 2.37. The van der Waals surface area contributed by atoms with Gasteiger partial charge in [-0.05, 0) is 0 Å². The summed E-state index contributed by atoms with van der Waals surface area (Å²) in [5.41, 5.74) is -0.300. The third-order valence-corrected chi connectivity index (χ3v) is 2.58. The summed E-state index contributed by atoms with van der Waals surface area (Å²) in [6, 6.07) is 0. The minimum absolute atomic E-state index is 0.253. The monoisotopic (exact) mass is 190 g/mol. The highest BCUT2D eigenvalue weighted by atomic mass is 32.2. The molecule has 1 rings (SSSR count). The largest absolute Gasteiger partial charge is 0.457 e. The van der Waals surface area contributed by atoms with Gasteiger partial charge in [0.1, 0.15) is 0 Å². The van der Waals surface area contributed by atoms with Gasteiger partial charge in [-0.2, -0.15) is 0 Å². The van der Waals surface area contributed by atoms with Gasteiger partial charge < -0.3 is 9.47 Å². The third-order valence-electron chi connectivity index (χ3n) is 1.33. The molecule has 0 aromatic heterocycles. The summed E-state index contributed by atoms with van der Waals surface area (Å²) < 4.78 is 9.71. The van der Waals surface area contributed by atoms with Crippen LogP contribution in [-0.2, 0) is 19.1 Å². The lowest BCUT2D eigenvalue weighted by Gasteiger charge is -2.33. The number of carbonyl (C=O) groups is 2. The predicted octanol–water partition coefficient (Wildman–Crippen LogP) is 0.554. The summed E-state index contributed by atoms with van der Waals surface area (Å²) in [4.78, 5) is 21.0. The molecule has 4 nitrogen and oxygen atoms in total. The Hall–Kier alpha value is -0.710. The highest BCUT2D eigenvalue weighted by Crippen LogP contribution is 2.32. The van der Waals surface area contributed by atoms with Gasteiger partial charge in [-0.3, -0.25) is 9.59 Å². The van der Waals surface area contributed by atoms with Crippen molar-refractivity contribution in [1.29, 1.82) is 0 Å². The molecule has 5 heteroatoms. The van der Waals surface area contributed by atoms with E-state index in [1.54, 1.807) is 0 Å². The number of hydrogen-bond donors (Lipinski definition) is 0. The predicted molar refractivity (Wildman–Crippen MR) is 43.6 cm³/mol. The van der Waals surface area contributed by atoms with E-state index in [1.807, 2.05) is 0 Å². The van der Waals surface area contributed by atoms with Crippen molar-refractivity contribution in [1.82, 2.24) is 0 Å². The molecule has 0 spiro atoms. The number of hydrogen-bond acceptors (Lipinski definition) is 5. The summed E-state index contributed by atoms with van der Waals surface area (Å²) in [5.74, 6) is 0.0270. The van der Waals surface area contributed by atoms with Gasteiger partial charge in [-0.1, -0.05) is 0 Å². The summed E-state index contributed by atoms with van der Waals surface area (Å²) in [6.07, 6.45) is -0.253. The van der Waals surface area contributed by atoms with Crippen LogP contribution in [0.15, 0.2) is 0 Å². The standard InChI is InChI=1S/C7H10O4S/c1-4(8)10-6-3-12-7(6)11-5(2)9/h6-7H,3H2,1-2H3. The molecule has 0 amide bonds. The van der Waals surface area contributed by atoms with Crippen LogP contribution in [0.25, 0.3) is 0 Å². The zero-order chi connectivity index (χ0) is 9.14. The van der Waals surface area contributed by atoms with Crippen molar-refractivity contribution in [2.24, 2.45) is 0 Å². The minimum atomic E-state index is -0.343. The van der Waals surface area contributed by atoms with Crippen LogP contribution in [0.4, 0.5) is 0 Å². The van der Waals surface area contributed by atoms with Gasteiger partial charge in [0.2, 0.25) is 0 Å². The fourth-order valence-corrected chi connectivity index (χ4v) is 1.66. The highest BCUT2D eigenvalue weighted by molar-refractivity contribution is 8.01. The first kappa shape index (κ1) is 9.38. The van der Waals surface area contributed by atoms with Gasteiger partial charge in [0.25, 0.3) is 0 Å². The summed E-state index contributed by atoms with van der Waals surface area (Å²) in [6.45, 7) is 2.68. The molecule has 12 heavy (non-hydrogen) atoms. The van der Waals surface area contributed by atoms with Gasteiger partial charge in [0.15, 0.2) is 11.5 Å². The van der Waals surface area contributed by atoms with E-state index in [9.17, 15) is 9.59 Å². The second kappa shape index (κ2) is 3.80. The number of thioether (sulfide) groups is 1. The Balaban J connectivity index is 2.29. The third kappa shape index (κ3) is 2.41. The fraction of sp³-hybridized carbons (Fsp3) is 0.714. The smallest absolute Gasteiger partial charge is 0.303 e. The second-order valence-electron chi connectivity index (χ2n) is 2.46. The molecule has 0 aromatic rings. The molecule has 68 valence electrons. The van der Waals surface area contributed by atoms with E-state index >= 15 is 0 Å². The zero-order valence-electron chi connectivity index (χ0n) is 6.90. The first-order valence-corrected chi connectivity index (χ1v) is 4.60. The quantitative estimate of drug-likeness (QED) is 0.595. The molecule has 1 aliphatic rings. The van der Waals surface area contributed by atoms with E-state index in [0.29, 0.717) is 5.75 Å². The zero-order valence-corrected chi connectivity index (χ0v) is 7.72. The van der Waals surface area contributed by atoms with E-state index in [4.69, 9.17) is 9.47 Å². The average Bonchev–Trinajstić information content (AvgIpc) is 1.93. The molecule has 0 bridgehead atoms. The molecular weight excluding hydrogens is 180 g/mol. The first-order valence-electron chi connectivity index (χ1n) is 3.55. The molecule has 0 aromatic carbocycles. The van der Waals surface area contributed by atoms with E-state index in [-0.39, 0.29) is 23.5 Å². The van der Waals surface area contributed by atoms with Gasteiger partial charge >= 0.3 is 11.9 Å². The first-order chi connectivity index (χ1) is 5.59. The summed E-state index contributed by atoms with van der Waals surface area (Å²) in [7, 11) is 0. The Morgan fingerprint density at radius 3 is 2.17 bits per heavy atom. The number of esters is 2. The van der Waals surface area contributed by atoms with Crippen LogP contribution in [0.5, 0.6) is 0 Å². The lowest BCUT2D eigenvalue weighted by molar-refractivity contribution is -0.158. The summed E-state index contributed by atoms with van der Waals surface area (Å²) >= 11 is 1.46. The normalized spacial score (nSPS) is 27.2. The Morgan fingerprint density at radius 2 is 1.83 bits per heavy atom. The molecule has 1 fully saturated rings. The molecule has 1 saturated heterocycles. The maximum atomic E-state index is 10.5. The van der Waals surface area contributed by atoms with Crippen LogP contribution in [-0.4, -0.2) is 29.2 Å². The molecule has 2 atom stereocenters. The van der Waals surface area contributed by atoms with Crippen molar-refractivity contribution in [2.75, 3.05) is 5.75 Å². The summed E-state index contributed by atoms with van der Waals surface area (Å²) in [5, 5.41) is 0. The average molecular weight is 190 g/mol. The van der Waals surface area contributed by atoms with E-state index in [1.165, 1.54) is 25.6 Å². The molecule has 0 N–H and O–H groups in total. The Kier molecular flexibility index (Phi) is 2.97. The molecule has 1 heterocycles. The lowest BCUT2D eigenvalue weighted by atomic mass is 10.4. The van der Waals surface area contributed by atoms with Crippen LogP contribution in [0.1, 0.15) is 13.8 Å². The number of carbonyl (C=O) groups excluding carboxylic acids is 2. The van der Waals surface area contributed by atoms with Gasteiger partial charge in [0.05, 0.1) is 0 Å². The minimum Gasteiger partial charge on any atom is -0.457 e. The molecule has 0 saturated carbocycles. The van der Waals surface area contributed by atoms with E-state index in [0.717, 1.165) is 0 Å². The maximum Gasteiger partial charge on any atom is 0.303 e. The van der Waals surface area contributed by atoms with Crippen LogP contribution in [0.3, 0.4) is 0 Å². The van der Waals surface area contributed by atoms with Crippen LogP contribution in [0.2, 0.25) is 0 Å². The fourth-order valence-electron chi connectivity index (χ4n) is 0.830. The van der Waals surface area contributed by atoms with Crippen LogP contribution in [0, 0.1) is 0 Å².